The van der Waals surface area contributed by atoms with Gasteiger partial charge in [0.25, 0.3) is 0 Å². The Kier molecular flexibility index (Phi) is 15.4. The summed E-state index contributed by atoms with van der Waals surface area (Å²) in [6.07, 6.45) is -42.6. The molecule has 0 amide bonds. The molecule has 3 atom stereocenters. The topological polar surface area (TPSA) is 134 Å². The second-order valence-corrected chi connectivity index (χ2v) is 9.29. The second kappa shape index (κ2) is 16.7. The molecule has 0 aromatic heterocycles. The van der Waals surface area contributed by atoms with E-state index < -0.39 is 104 Å². The van der Waals surface area contributed by atoms with Crippen LogP contribution in [-0.4, -0.2) is 92.1 Å². The molecule has 53 heavy (non-hydrogen) atoms. The quantitative estimate of drug-likeness (QED) is 0.0313. The summed E-state index contributed by atoms with van der Waals surface area (Å²) < 4.78 is 264. The van der Waals surface area contributed by atoms with E-state index in [1.807, 2.05) is 0 Å². The second-order valence-electron chi connectivity index (χ2n) is 9.29. The summed E-state index contributed by atoms with van der Waals surface area (Å²) in [7, 11) is 0. The molecule has 0 aliphatic carbocycles. The van der Waals surface area contributed by atoms with Crippen LogP contribution in [0.2, 0.25) is 0 Å². The van der Waals surface area contributed by atoms with Gasteiger partial charge in [-0.2, -0.15) is 108 Å². The van der Waals surface area contributed by atoms with Gasteiger partial charge in [-0.3, -0.25) is 0 Å². The van der Waals surface area contributed by atoms with Crippen molar-refractivity contribution >= 4 is 17.9 Å². The van der Waals surface area contributed by atoms with Crippen LogP contribution >= 0.6 is 0 Å². The fourth-order valence-electron chi connectivity index (χ4n) is 2.24. The van der Waals surface area contributed by atoms with Crippen molar-refractivity contribution in [2.24, 2.45) is 5.41 Å². The summed E-state index contributed by atoms with van der Waals surface area (Å²) in [6.45, 7) is -2.73. The molecule has 12 nitrogen and oxygen atoms in total. The largest absolute Gasteiger partial charge is 0.456 e. The van der Waals surface area contributed by atoms with Crippen LogP contribution in [0.5, 0.6) is 0 Å². The van der Waals surface area contributed by atoms with E-state index in [0.29, 0.717) is 0 Å². The van der Waals surface area contributed by atoms with Crippen molar-refractivity contribution in [2.45, 2.75) is 61.3 Å². The standard InChI is InChI=1S/C23H18F18O12/c1-5-11(42)45-8-15(24,18(27,28)29)48-51-21(36,37)14(4,22(38,39)52-49-16(25,19(30,31)32)9-46-12(43)6-2)23(40,41)53-50-17(26,20(33,34)35)10-47-13(44)7-3/h5-7H,1-3,8-10H2,4H3. The van der Waals surface area contributed by atoms with Gasteiger partial charge in [0.05, 0.1) is 0 Å². The van der Waals surface area contributed by atoms with Crippen LogP contribution in [0.4, 0.5) is 79.0 Å². The summed E-state index contributed by atoms with van der Waals surface area (Å²) in [6, 6.07) is 0. The Labute approximate surface area is 280 Å². The summed E-state index contributed by atoms with van der Waals surface area (Å²) in [5.74, 6) is -24.2. The van der Waals surface area contributed by atoms with E-state index in [0.717, 1.165) is 0 Å². The Hall–Kier alpha value is -3.87. The molecule has 0 rings (SSSR count). The summed E-state index contributed by atoms with van der Waals surface area (Å²) in [4.78, 5) is 48.1. The van der Waals surface area contributed by atoms with Crippen LogP contribution in [0, 0.1) is 5.41 Å². The number of hydrogen-bond donors (Lipinski definition) is 0. The zero-order valence-electron chi connectivity index (χ0n) is 25.2. The van der Waals surface area contributed by atoms with Gasteiger partial charge >= 0.3 is 72.3 Å². The van der Waals surface area contributed by atoms with Crippen LogP contribution in [0.1, 0.15) is 6.92 Å². The minimum atomic E-state index is -7.36. The molecule has 0 heterocycles. The first-order valence-corrected chi connectivity index (χ1v) is 12.4. The van der Waals surface area contributed by atoms with Crippen LogP contribution in [0.25, 0.3) is 0 Å². The molecular weight excluding hydrogens is 810 g/mol. The van der Waals surface area contributed by atoms with E-state index in [4.69, 9.17) is 0 Å². The molecule has 0 saturated heterocycles. The maximum atomic E-state index is 15.1. The number of hydrogen-bond acceptors (Lipinski definition) is 12. The first kappa shape index (κ1) is 49.1. The first-order valence-electron chi connectivity index (χ1n) is 12.4. The lowest BCUT2D eigenvalue weighted by atomic mass is 9.85. The molecule has 3 unspecified atom stereocenters. The number of esters is 3. The highest BCUT2D eigenvalue weighted by Gasteiger charge is 2.84. The van der Waals surface area contributed by atoms with Crippen molar-refractivity contribution in [3.05, 3.63) is 38.0 Å². The van der Waals surface area contributed by atoms with Gasteiger partial charge in [-0.15, -0.1) is 0 Å². The van der Waals surface area contributed by atoms with E-state index in [1.54, 1.807) is 0 Å². The van der Waals surface area contributed by atoms with Gasteiger partial charge in [-0.25, -0.2) is 14.4 Å². The van der Waals surface area contributed by atoms with E-state index >= 15 is 26.3 Å². The zero-order valence-corrected chi connectivity index (χ0v) is 25.2. The minimum absolute atomic E-state index is 0.0203. The van der Waals surface area contributed by atoms with Crippen LogP contribution in [-0.2, 0) is 57.9 Å². The Bertz CT molecular complexity index is 1180. The number of alkyl halides is 18. The maximum Gasteiger partial charge on any atom is 0.454 e. The lowest BCUT2D eigenvalue weighted by Crippen LogP contribution is -2.66. The minimum Gasteiger partial charge on any atom is -0.456 e. The Balaban J connectivity index is 7.33. The smallest absolute Gasteiger partial charge is 0.454 e. The van der Waals surface area contributed by atoms with Gasteiger partial charge in [0, 0.05) is 18.2 Å². The molecule has 0 saturated carbocycles. The molecule has 0 N–H and O–H groups in total. The zero-order chi connectivity index (χ0) is 42.3. The van der Waals surface area contributed by atoms with Gasteiger partial charge in [0.1, 0.15) is 0 Å². The van der Waals surface area contributed by atoms with E-state index in [-0.39, 0.29) is 18.2 Å². The number of halogens is 18. The van der Waals surface area contributed by atoms with E-state index in [9.17, 15) is 67.1 Å². The number of ether oxygens (including phenoxy) is 3. The van der Waals surface area contributed by atoms with Crippen molar-refractivity contribution in [3.63, 3.8) is 0 Å². The normalized spacial score (nSPS) is 17.9. The molecule has 0 bridgehead atoms. The molecule has 30 heteroatoms. The van der Waals surface area contributed by atoms with Gasteiger partial charge < -0.3 is 14.2 Å². The highest BCUT2D eigenvalue weighted by atomic mass is 19.4. The summed E-state index contributed by atoms with van der Waals surface area (Å²) in [5.41, 5.74) is -6.88. The van der Waals surface area contributed by atoms with E-state index in [1.165, 1.54) is 0 Å². The lowest BCUT2D eigenvalue weighted by Gasteiger charge is -2.43. The van der Waals surface area contributed by atoms with Gasteiger partial charge in [0.15, 0.2) is 19.8 Å². The first-order chi connectivity index (χ1) is 23.5. The molecule has 0 aliphatic rings. The van der Waals surface area contributed by atoms with Crippen molar-refractivity contribution < 1.29 is 137 Å². The molecule has 0 aromatic carbocycles. The predicted molar refractivity (Wildman–Crippen MR) is 123 cm³/mol. The van der Waals surface area contributed by atoms with Crippen molar-refractivity contribution in [1.29, 1.82) is 0 Å². The molecule has 0 spiro atoms. The maximum absolute atomic E-state index is 15.1. The van der Waals surface area contributed by atoms with Crippen LogP contribution < -0.4 is 0 Å². The van der Waals surface area contributed by atoms with Gasteiger partial charge in [-0.1, -0.05) is 19.7 Å². The average Bonchev–Trinajstić information content (AvgIpc) is 3.03. The van der Waals surface area contributed by atoms with Crippen molar-refractivity contribution in [3.8, 4) is 0 Å². The van der Waals surface area contributed by atoms with Crippen molar-refractivity contribution in [1.82, 2.24) is 0 Å². The third kappa shape index (κ3) is 11.3. The SMILES string of the molecule is C=CC(=O)OCC(F)(OOC(F)(F)C(C)(C(F)(F)OOC(F)(COC(=O)C=C)C(F)(F)F)C(F)(F)OOC(F)(COC(=O)C=C)C(F)(F)F)C(F)(F)F. The molecule has 0 radical (unpaired) electrons. The monoisotopic (exact) mass is 828 g/mol. The van der Waals surface area contributed by atoms with Crippen LogP contribution in [0.15, 0.2) is 38.0 Å². The predicted octanol–water partition coefficient (Wildman–Crippen LogP) is 6.49. The highest BCUT2D eigenvalue weighted by Crippen LogP contribution is 2.60. The van der Waals surface area contributed by atoms with Gasteiger partial charge in [0.2, 0.25) is 5.41 Å². The Morgan fingerprint density at radius 2 is 0.604 bits per heavy atom. The fourth-order valence-corrected chi connectivity index (χ4v) is 2.24. The summed E-state index contributed by atoms with van der Waals surface area (Å²) >= 11 is 0. The molecule has 0 fully saturated rings. The third-order valence-electron chi connectivity index (χ3n) is 5.55. The Morgan fingerprint density at radius 3 is 0.755 bits per heavy atom. The van der Waals surface area contributed by atoms with Crippen molar-refractivity contribution in [2.75, 3.05) is 19.8 Å². The summed E-state index contributed by atoms with van der Waals surface area (Å²) in [5, 5.41) is 0. The van der Waals surface area contributed by atoms with Gasteiger partial charge in [-0.05, 0) is 6.92 Å². The fraction of sp³-hybridized carbons (Fsp3) is 0.609. The lowest BCUT2D eigenvalue weighted by molar-refractivity contribution is -0.639. The third-order valence-corrected chi connectivity index (χ3v) is 5.55. The number of rotatable bonds is 21. The van der Waals surface area contributed by atoms with Crippen LogP contribution in [0.3, 0.4) is 0 Å². The molecular formula is C23H18F18O12. The number of carbonyl (C=O) groups is 3. The average molecular weight is 828 g/mol. The molecule has 308 valence electrons. The van der Waals surface area contributed by atoms with E-state index in [2.05, 4.69) is 63.3 Å². The number of carbonyl (C=O) groups excluding carboxylic acids is 3. The molecule has 0 aliphatic heterocycles. The molecule has 0 aromatic rings. The Morgan fingerprint density at radius 1 is 0.415 bits per heavy atom. The highest BCUT2D eigenvalue weighted by molar-refractivity contribution is 5.81.